The first kappa shape index (κ1) is 12.2. The van der Waals surface area contributed by atoms with Crippen molar-refractivity contribution < 1.29 is 4.74 Å². The summed E-state index contributed by atoms with van der Waals surface area (Å²) in [4.78, 5) is 0. The van der Waals surface area contributed by atoms with Crippen molar-refractivity contribution in [3.63, 3.8) is 0 Å². The summed E-state index contributed by atoms with van der Waals surface area (Å²) in [5, 5.41) is 3.83. The molecule has 0 aromatic rings. The summed E-state index contributed by atoms with van der Waals surface area (Å²) in [5.41, 5.74) is 1.37. The smallest absolute Gasteiger partial charge is 0.0476 e. The van der Waals surface area contributed by atoms with Crippen molar-refractivity contribution in [3.05, 3.63) is 10.6 Å². The average Bonchev–Trinajstić information content (AvgIpc) is 2.10. The van der Waals surface area contributed by atoms with Gasteiger partial charge in [-0.2, -0.15) is 0 Å². The summed E-state index contributed by atoms with van der Waals surface area (Å²) < 4.78 is 4.93. The van der Waals surface area contributed by atoms with Gasteiger partial charge in [0, 0.05) is 36.9 Å². The maximum atomic E-state index is 5.68. The van der Waals surface area contributed by atoms with Crippen molar-refractivity contribution in [1.29, 1.82) is 0 Å². The van der Waals surface area contributed by atoms with Crippen LogP contribution in [0.25, 0.3) is 0 Å². The van der Waals surface area contributed by atoms with Gasteiger partial charge in [0.2, 0.25) is 0 Å². The first-order valence-corrected chi connectivity index (χ1v) is 4.69. The van der Waals surface area contributed by atoms with Gasteiger partial charge < -0.3 is 10.1 Å². The van der Waals surface area contributed by atoms with Crippen LogP contribution in [0.2, 0.25) is 0 Å². The molecule has 2 nitrogen and oxygen atoms in total. The van der Waals surface area contributed by atoms with Crippen LogP contribution in [-0.2, 0) is 4.74 Å². The van der Waals surface area contributed by atoms with Gasteiger partial charge in [0.25, 0.3) is 0 Å². The molecular formula is C8H15Cl2NO. The van der Waals surface area contributed by atoms with Crippen molar-refractivity contribution in [2.75, 3.05) is 20.3 Å². The molecule has 0 fully saturated rings. The highest BCUT2D eigenvalue weighted by Gasteiger charge is 2.00. The maximum Gasteiger partial charge on any atom is 0.0476 e. The lowest BCUT2D eigenvalue weighted by molar-refractivity contribution is 0.185. The molecule has 12 heavy (non-hydrogen) atoms. The molecule has 1 N–H and O–H groups in total. The van der Waals surface area contributed by atoms with Crippen molar-refractivity contribution in [2.24, 2.45) is 0 Å². The van der Waals surface area contributed by atoms with E-state index in [9.17, 15) is 0 Å². The zero-order valence-electron chi connectivity index (χ0n) is 7.44. The van der Waals surface area contributed by atoms with Crippen LogP contribution in [0.5, 0.6) is 0 Å². The highest BCUT2D eigenvalue weighted by atomic mass is 35.5. The lowest BCUT2D eigenvalue weighted by Gasteiger charge is -2.11. The Morgan fingerprint density at radius 2 is 2.33 bits per heavy atom. The van der Waals surface area contributed by atoms with Crippen molar-refractivity contribution in [1.82, 2.24) is 5.32 Å². The van der Waals surface area contributed by atoms with Gasteiger partial charge >= 0.3 is 0 Å². The Morgan fingerprint density at radius 3 is 2.83 bits per heavy atom. The third-order valence-electron chi connectivity index (χ3n) is 1.49. The molecule has 1 unspecified atom stereocenters. The Morgan fingerprint density at radius 1 is 1.67 bits per heavy atom. The second kappa shape index (κ2) is 7.87. The van der Waals surface area contributed by atoms with Gasteiger partial charge in [0.1, 0.15) is 0 Å². The quantitative estimate of drug-likeness (QED) is 0.729. The SMILES string of the molecule is COCCC(C)NCC(Cl)=CCl. The van der Waals surface area contributed by atoms with Crippen molar-refractivity contribution in [3.8, 4) is 0 Å². The van der Waals surface area contributed by atoms with Crippen LogP contribution in [-0.4, -0.2) is 26.3 Å². The first-order chi connectivity index (χ1) is 5.70. The zero-order chi connectivity index (χ0) is 9.40. The monoisotopic (exact) mass is 211 g/mol. The van der Waals surface area contributed by atoms with Crippen molar-refractivity contribution >= 4 is 23.2 Å². The van der Waals surface area contributed by atoms with E-state index >= 15 is 0 Å². The van der Waals surface area contributed by atoms with E-state index in [-0.39, 0.29) is 0 Å². The van der Waals surface area contributed by atoms with Gasteiger partial charge in [-0.3, -0.25) is 0 Å². The fourth-order valence-electron chi connectivity index (χ4n) is 0.707. The van der Waals surface area contributed by atoms with Crippen LogP contribution in [0.1, 0.15) is 13.3 Å². The second-order valence-electron chi connectivity index (χ2n) is 2.62. The average molecular weight is 212 g/mol. The lowest BCUT2D eigenvalue weighted by atomic mass is 10.2. The number of rotatable bonds is 6. The molecule has 0 saturated heterocycles. The van der Waals surface area contributed by atoms with E-state index < -0.39 is 0 Å². The number of ether oxygens (including phenoxy) is 1. The van der Waals surface area contributed by atoms with Crippen LogP contribution in [0.3, 0.4) is 0 Å². The number of hydrogen-bond donors (Lipinski definition) is 1. The zero-order valence-corrected chi connectivity index (χ0v) is 8.95. The fourth-order valence-corrected chi connectivity index (χ4v) is 0.861. The van der Waals surface area contributed by atoms with E-state index in [1.807, 2.05) is 0 Å². The predicted octanol–water partition coefficient (Wildman–Crippen LogP) is 2.32. The largest absolute Gasteiger partial charge is 0.385 e. The summed E-state index contributed by atoms with van der Waals surface area (Å²) in [5.74, 6) is 0. The molecule has 0 heterocycles. The molecule has 0 aromatic carbocycles. The summed E-state index contributed by atoms with van der Waals surface area (Å²) in [6.07, 6.45) is 0.975. The van der Waals surface area contributed by atoms with Gasteiger partial charge in [-0.25, -0.2) is 0 Å². The van der Waals surface area contributed by atoms with Gasteiger partial charge in [0.05, 0.1) is 0 Å². The molecule has 0 spiro atoms. The maximum absolute atomic E-state index is 5.68. The molecule has 1 atom stereocenters. The van der Waals surface area contributed by atoms with E-state index in [0.29, 0.717) is 17.6 Å². The van der Waals surface area contributed by atoms with E-state index in [2.05, 4.69) is 12.2 Å². The Hall–Kier alpha value is 0.240. The standard InChI is InChI=1S/C8H15Cl2NO/c1-7(3-4-12-2)11-6-8(10)5-9/h5,7,11H,3-4,6H2,1-2H3. The Labute approximate surface area is 83.9 Å². The Balaban J connectivity index is 3.37. The molecular weight excluding hydrogens is 197 g/mol. The minimum absolute atomic E-state index is 0.398. The molecule has 0 amide bonds. The lowest BCUT2D eigenvalue weighted by Crippen LogP contribution is -2.28. The Kier molecular flexibility index (Phi) is 8.02. The topological polar surface area (TPSA) is 21.3 Å². The molecule has 0 aliphatic rings. The fraction of sp³-hybridized carbons (Fsp3) is 0.750. The highest BCUT2D eigenvalue weighted by Crippen LogP contribution is 2.01. The first-order valence-electron chi connectivity index (χ1n) is 3.87. The van der Waals surface area contributed by atoms with Gasteiger partial charge in [-0.1, -0.05) is 23.2 Å². The highest BCUT2D eigenvalue weighted by molar-refractivity contribution is 6.36. The van der Waals surface area contributed by atoms with Crippen LogP contribution in [0.4, 0.5) is 0 Å². The van der Waals surface area contributed by atoms with E-state index in [0.717, 1.165) is 13.0 Å². The molecule has 72 valence electrons. The van der Waals surface area contributed by atoms with Crippen LogP contribution < -0.4 is 5.32 Å². The minimum Gasteiger partial charge on any atom is -0.385 e. The van der Waals surface area contributed by atoms with Crippen LogP contribution in [0, 0.1) is 0 Å². The number of halogens is 2. The second-order valence-corrected chi connectivity index (χ2v) is 3.32. The minimum atomic E-state index is 0.398. The van der Waals surface area contributed by atoms with Crippen molar-refractivity contribution in [2.45, 2.75) is 19.4 Å². The van der Waals surface area contributed by atoms with Crippen LogP contribution in [0.15, 0.2) is 10.6 Å². The number of methoxy groups -OCH3 is 1. The van der Waals surface area contributed by atoms with Gasteiger partial charge in [-0.05, 0) is 13.3 Å². The number of nitrogens with one attached hydrogen (secondary N) is 1. The predicted molar refractivity (Wildman–Crippen MR) is 53.7 cm³/mol. The van der Waals surface area contributed by atoms with Gasteiger partial charge in [-0.15, -0.1) is 0 Å². The summed E-state index contributed by atoms with van der Waals surface area (Å²) in [6, 6.07) is 0.398. The molecule has 0 rings (SSSR count). The summed E-state index contributed by atoms with van der Waals surface area (Å²) in [7, 11) is 1.69. The third kappa shape index (κ3) is 6.92. The summed E-state index contributed by atoms with van der Waals surface area (Å²) >= 11 is 11.1. The molecule has 0 aliphatic heterocycles. The molecule has 4 heteroatoms. The Bertz CT molecular complexity index is 139. The molecule has 0 saturated carbocycles. The van der Waals surface area contributed by atoms with Gasteiger partial charge in [0.15, 0.2) is 0 Å². The number of hydrogen-bond acceptors (Lipinski definition) is 2. The molecule has 0 aromatic heterocycles. The van der Waals surface area contributed by atoms with E-state index in [1.165, 1.54) is 5.54 Å². The van der Waals surface area contributed by atoms with E-state index in [1.54, 1.807) is 7.11 Å². The molecule has 0 bridgehead atoms. The molecule has 0 radical (unpaired) electrons. The molecule has 0 aliphatic carbocycles. The third-order valence-corrected chi connectivity index (χ3v) is 2.11. The van der Waals surface area contributed by atoms with Crippen LogP contribution >= 0.6 is 23.2 Å². The van der Waals surface area contributed by atoms with E-state index in [4.69, 9.17) is 27.9 Å². The normalized spacial score (nSPS) is 14.8. The summed E-state index contributed by atoms with van der Waals surface area (Å²) in [6.45, 7) is 3.46.